The van der Waals surface area contributed by atoms with Crippen molar-refractivity contribution >= 4 is 6.03 Å². The quantitative estimate of drug-likeness (QED) is 0.778. The fourth-order valence-corrected chi connectivity index (χ4v) is 1.50. The Morgan fingerprint density at radius 1 is 1.33 bits per heavy atom. The van der Waals surface area contributed by atoms with Crippen LogP contribution in [0.2, 0.25) is 0 Å². The van der Waals surface area contributed by atoms with Crippen LogP contribution in [0.4, 0.5) is 4.79 Å². The van der Waals surface area contributed by atoms with E-state index in [-0.39, 0.29) is 5.54 Å². The van der Waals surface area contributed by atoms with E-state index < -0.39 is 6.03 Å². The molecule has 3 N–H and O–H groups in total. The van der Waals surface area contributed by atoms with Crippen LogP contribution in [0.15, 0.2) is 30.3 Å². The highest BCUT2D eigenvalue weighted by atomic mass is 16.2. The molecule has 0 spiro atoms. The lowest BCUT2D eigenvalue weighted by molar-refractivity contribution is 0.236. The van der Waals surface area contributed by atoms with E-state index >= 15 is 0 Å². The van der Waals surface area contributed by atoms with Crippen molar-refractivity contribution < 1.29 is 4.79 Å². The Kier molecular flexibility index (Phi) is 3.72. The van der Waals surface area contributed by atoms with Gasteiger partial charge >= 0.3 is 6.03 Å². The van der Waals surface area contributed by atoms with Crippen LogP contribution in [0.1, 0.15) is 25.8 Å². The number of rotatable bonds is 4. The summed E-state index contributed by atoms with van der Waals surface area (Å²) in [6.07, 6.45) is 1.81. The minimum atomic E-state index is -0.465. The Balaban J connectivity index is 2.46. The molecule has 0 radical (unpaired) electrons. The summed E-state index contributed by atoms with van der Waals surface area (Å²) >= 11 is 0. The average molecular weight is 206 g/mol. The molecule has 3 heteroatoms. The van der Waals surface area contributed by atoms with Crippen LogP contribution < -0.4 is 11.1 Å². The number of benzene rings is 1. The van der Waals surface area contributed by atoms with Crippen LogP contribution in [0.3, 0.4) is 0 Å². The van der Waals surface area contributed by atoms with Crippen molar-refractivity contribution in [3.05, 3.63) is 35.9 Å². The number of carbonyl (C=O) groups is 1. The van der Waals surface area contributed by atoms with Crippen molar-refractivity contribution in [2.45, 2.75) is 32.2 Å². The van der Waals surface area contributed by atoms with Gasteiger partial charge in [-0.25, -0.2) is 4.79 Å². The molecule has 3 nitrogen and oxygen atoms in total. The van der Waals surface area contributed by atoms with Crippen molar-refractivity contribution in [1.29, 1.82) is 0 Å². The van der Waals surface area contributed by atoms with Crippen LogP contribution in [0.25, 0.3) is 0 Å². The van der Waals surface area contributed by atoms with Gasteiger partial charge in [0.2, 0.25) is 0 Å². The Morgan fingerprint density at radius 3 is 2.47 bits per heavy atom. The third-order valence-electron chi connectivity index (χ3n) is 2.34. The van der Waals surface area contributed by atoms with Crippen molar-refractivity contribution in [3.63, 3.8) is 0 Å². The lowest BCUT2D eigenvalue weighted by Crippen LogP contribution is -2.46. The lowest BCUT2D eigenvalue weighted by atomic mass is 9.95. The van der Waals surface area contributed by atoms with E-state index in [2.05, 4.69) is 17.4 Å². The summed E-state index contributed by atoms with van der Waals surface area (Å²) in [5, 5.41) is 2.73. The topological polar surface area (TPSA) is 55.1 Å². The van der Waals surface area contributed by atoms with Gasteiger partial charge < -0.3 is 11.1 Å². The van der Waals surface area contributed by atoms with Gasteiger partial charge in [0.25, 0.3) is 0 Å². The summed E-state index contributed by atoms with van der Waals surface area (Å²) in [4.78, 5) is 10.7. The zero-order valence-corrected chi connectivity index (χ0v) is 9.29. The maximum Gasteiger partial charge on any atom is 0.312 e. The first-order valence-electron chi connectivity index (χ1n) is 5.11. The number of hydrogen-bond donors (Lipinski definition) is 2. The molecule has 0 unspecified atom stereocenters. The van der Waals surface area contributed by atoms with E-state index in [0.717, 1.165) is 12.8 Å². The highest BCUT2D eigenvalue weighted by Crippen LogP contribution is 2.13. The molecule has 0 aliphatic rings. The Morgan fingerprint density at radius 2 is 1.93 bits per heavy atom. The molecule has 0 aromatic heterocycles. The minimum Gasteiger partial charge on any atom is -0.352 e. The molecular formula is C12H18N2O. The highest BCUT2D eigenvalue weighted by molar-refractivity contribution is 5.72. The molecule has 0 heterocycles. The van der Waals surface area contributed by atoms with Crippen molar-refractivity contribution in [2.24, 2.45) is 5.73 Å². The molecule has 0 atom stereocenters. The molecule has 0 aliphatic carbocycles. The maximum atomic E-state index is 10.7. The first-order chi connectivity index (χ1) is 6.99. The summed E-state index contributed by atoms with van der Waals surface area (Å²) in [7, 11) is 0. The number of urea groups is 1. The molecule has 82 valence electrons. The second kappa shape index (κ2) is 4.82. The van der Waals surface area contributed by atoms with Gasteiger partial charge in [-0.05, 0) is 32.3 Å². The zero-order chi connectivity index (χ0) is 11.3. The molecule has 1 aromatic carbocycles. The second-order valence-corrected chi connectivity index (χ2v) is 4.36. The smallest absolute Gasteiger partial charge is 0.312 e. The van der Waals surface area contributed by atoms with Crippen LogP contribution in [0, 0.1) is 0 Å². The number of hydrogen-bond acceptors (Lipinski definition) is 1. The Hall–Kier alpha value is -1.51. The monoisotopic (exact) mass is 206 g/mol. The molecule has 0 bridgehead atoms. The molecule has 15 heavy (non-hydrogen) atoms. The van der Waals surface area contributed by atoms with E-state index in [1.807, 2.05) is 32.0 Å². The summed E-state index contributed by atoms with van der Waals surface area (Å²) in [5.74, 6) is 0. The number of carbonyl (C=O) groups excluding carboxylic acids is 1. The first kappa shape index (κ1) is 11.6. The second-order valence-electron chi connectivity index (χ2n) is 4.36. The molecule has 1 aromatic rings. The number of primary amides is 1. The van der Waals surface area contributed by atoms with Crippen LogP contribution >= 0.6 is 0 Å². The summed E-state index contributed by atoms with van der Waals surface area (Å²) in [6, 6.07) is 9.73. The van der Waals surface area contributed by atoms with Gasteiger partial charge in [-0.15, -0.1) is 0 Å². The van der Waals surface area contributed by atoms with Crippen molar-refractivity contribution in [2.75, 3.05) is 0 Å². The van der Waals surface area contributed by atoms with Gasteiger partial charge in [0.15, 0.2) is 0 Å². The molecule has 0 fully saturated rings. The molecule has 0 aliphatic heterocycles. The van der Waals surface area contributed by atoms with Crippen LogP contribution in [0.5, 0.6) is 0 Å². The maximum absolute atomic E-state index is 10.7. The van der Waals surface area contributed by atoms with Crippen molar-refractivity contribution in [1.82, 2.24) is 5.32 Å². The van der Waals surface area contributed by atoms with E-state index in [1.54, 1.807) is 0 Å². The number of nitrogens with one attached hydrogen (secondary N) is 1. The van der Waals surface area contributed by atoms with Gasteiger partial charge in [0, 0.05) is 5.54 Å². The largest absolute Gasteiger partial charge is 0.352 e. The van der Waals surface area contributed by atoms with Gasteiger partial charge in [-0.3, -0.25) is 0 Å². The Bertz CT molecular complexity index is 320. The van der Waals surface area contributed by atoms with E-state index in [1.165, 1.54) is 5.56 Å². The Labute approximate surface area is 90.7 Å². The van der Waals surface area contributed by atoms with Crippen LogP contribution in [-0.4, -0.2) is 11.6 Å². The van der Waals surface area contributed by atoms with Gasteiger partial charge in [-0.2, -0.15) is 0 Å². The van der Waals surface area contributed by atoms with Gasteiger partial charge in [0.1, 0.15) is 0 Å². The fraction of sp³-hybridized carbons (Fsp3) is 0.417. The summed E-state index contributed by atoms with van der Waals surface area (Å²) < 4.78 is 0. The van der Waals surface area contributed by atoms with E-state index in [4.69, 9.17) is 5.73 Å². The molecule has 0 saturated heterocycles. The predicted octanol–water partition coefficient (Wildman–Crippen LogP) is 2.07. The molecular weight excluding hydrogens is 188 g/mol. The number of amides is 2. The number of aryl methyl sites for hydroxylation is 1. The first-order valence-corrected chi connectivity index (χ1v) is 5.11. The number of nitrogens with two attached hydrogens (primary N) is 1. The predicted molar refractivity (Wildman–Crippen MR) is 61.6 cm³/mol. The molecule has 2 amide bonds. The van der Waals surface area contributed by atoms with Gasteiger partial charge in [-0.1, -0.05) is 30.3 Å². The zero-order valence-electron chi connectivity index (χ0n) is 9.29. The normalized spacial score (nSPS) is 11.1. The SMILES string of the molecule is CC(C)(CCc1ccccc1)NC(N)=O. The standard InChI is InChI=1S/C12H18N2O/c1-12(2,14-11(13)15)9-8-10-6-4-3-5-7-10/h3-7H,8-9H2,1-2H3,(H3,13,14,15). The van der Waals surface area contributed by atoms with Crippen molar-refractivity contribution in [3.8, 4) is 0 Å². The summed E-state index contributed by atoms with van der Waals surface area (Å²) in [5.41, 5.74) is 6.12. The van der Waals surface area contributed by atoms with E-state index in [0.29, 0.717) is 0 Å². The average Bonchev–Trinajstić information content (AvgIpc) is 2.15. The third kappa shape index (κ3) is 4.49. The fourth-order valence-electron chi connectivity index (χ4n) is 1.50. The third-order valence-corrected chi connectivity index (χ3v) is 2.34. The molecule has 0 saturated carbocycles. The lowest BCUT2D eigenvalue weighted by Gasteiger charge is -2.25. The van der Waals surface area contributed by atoms with Crippen LogP contribution in [-0.2, 0) is 6.42 Å². The minimum absolute atomic E-state index is 0.248. The van der Waals surface area contributed by atoms with Gasteiger partial charge in [0.05, 0.1) is 0 Å². The highest BCUT2D eigenvalue weighted by Gasteiger charge is 2.18. The summed E-state index contributed by atoms with van der Waals surface area (Å²) in [6.45, 7) is 3.95. The van der Waals surface area contributed by atoms with E-state index in [9.17, 15) is 4.79 Å². The molecule has 1 rings (SSSR count).